The van der Waals surface area contributed by atoms with Crippen LogP contribution in [0.3, 0.4) is 0 Å². The van der Waals surface area contributed by atoms with Crippen LogP contribution in [0.25, 0.3) is 0 Å². The van der Waals surface area contributed by atoms with Crippen LogP contribution in [-0.4, -0.2) is 48.7 Å². The highest BCUT2D eigenvalue weighted by molar-refractivity contribution is 9.10. The summed E-state index contributed by atoms with van der Waals surface area (Å²) in [6, 6.07) is 11.3. The second kappa shape index (κ2) is 10.2. The fraction of sp³-hybridized carbons (Fsp3) is 0.350. The van der Waals surface area contributed by atoms with Gasteiger partial charge in [0.05, 0.1) is 5.02 Å². The molecule has 0 radical (unpaired) electrons. The molecule has 0 saturated carbocycles. The SMILES string of the molecule is Cl.NS(=O)(=O)c1cc2c(cc1Cl)CN(C1CCN(Cc3ccc(Br)cc3)CC1)C2=O.O. The van der Waals surface area contributed by atoms with E-state index < -0.39 is 10.0 Å². The average molecular weight is 553 g/mol. The van der Waals surface area contributed by atoms with Crippen molar-refractivity contribution in [1.82, 2.24) is 9.80 Å². The van der Waals surface area contributed by atoms with Crippen molar-refractivity contribution in [3.05, 3.63) is 62.6 Å². The first-order valence-electron chi connectivity index (χ1n) is 9.35. The quantitative estimate of drug-likeness (QED) is 0.627. The van der Waals surface area contributed by atoms with E-state index in [1.165, 1.54) is 11.6 Å². The molecule has 11 heteroatoms. The van der Waals surface area contributed by atoms with Gasteiger partial charge in [0.2, 0.25) is 10.0 Å². The van der Waals surface area contributed by atoms with Gasteiger partial charge in [0, 0.05) is 42.3 Å². The third-order valence-corrected chi connectivity index (χ3v) is 7.52. The van der Waals surface area contributed by atoms with E-state index in [0.717, 1.165) is 42.5 Å². The number of benzene rings is 2. The van der Waals surface area contributed by atoms with Crippen molar-refractivity contribution >= 4 is 55.9 Å². The largest absolute Gasteiger partial charge is 0.412 e. The van der Waals surface area contributed by atoms with Gasteiger partial charge in [-0.2, -0.15) is 0 Å². The van der Waals surface area contributed by atoms with Gasteiger partial charge in [0.1, 0.15) is 4.90 Å². The lowest BCUT2D eigenvalue weighted by Gasteiger charge is -2.36. The zero-order valence-electron chi connectivity index (χ0n) is 16.6. The van der Waals surface area contributed by atoms with Crippen molar-refractivity contribution < 1.29 is 18.7 Å². The molecule has 1 saturated heterocycles. The number of amides is 1. The van der Waals surface area contributed by atoms with Gasteiger partial charge in [-0.05, 0) is 48.2 Å². The molecular formula is C20H24BrCl2N3O4S. The Bertz CT molecular complexity index is 1060. The molecule has 0 atom stereocenters. The van der Waals surface area contributed by atoms with Crippen LogP contribution in [0.4, 0.5) is 0 Å². The number of halogens is 3. The summed E-state index contributed by atoms with van der Waals surface area (Å²) >= 11 is 9.54. The maximum Gasteiger partial charge on any atom is 0.254 e. The van der Waals surface area contributed by atoms with E-state index in [0.29, 0.717) is 12.1 Å². The predicted octanol–water partition coefficient (Wildman–Crippen LogP) is 2.97. The number of primary sulfonamides is 1. The van der Waals surface area contributed by atoms with Crippen LogP contribution in [0.2, 0.25) is 5.02 Å². The molecule has 4 N–H and O–H groups in total. The number of fused-ring (bicyclic) bond motifs is 1. The van der Waals surface area contributed by atoms with E-state index in [2.05, 4.69) is 33.0 Å². The van der Waals surface area contributed by atoms with Crippen molar-refractivity contribution in [1.29, 1.82) is 0 Å². The molecule has 1 fully saturated rings. The molecule has 170 valence electrons. The van der Waals surface area contributed by atoms with Gasteiger partial charge in [-0.1, -0.05) is 39.7 Å². The lowest BCUT2D eigenvalue weighted by molar-refractivity contribution is 0.0590. The lowest BCUT2D eigenvalue weighted by atomic mass is 10.0. The van der Waals surface area contributed by atoms with E-state index >= 15 is 0 Å². The van der Waals surface area contributed by atoms with Crippen molar-refractivity contribution in [3.63, 3.8) is 0 Å². The van der Waals surface area contributed by atoms with Crippen LogP contribution in [0.1, 0.15) is 34.3 Å². The van der Waals surface area contributed by atoms with Crippen LogP contribution >= 0.6 is 39.9 Å². The molecule has 2 heterocycles. The maximum absolute atomic E-state index is 12.9. The van der Waals surface area contributed by atoms with E-state index in [1.807, 2.05) is 17.0 Å². The van der Waals surface area contributed by atoms with Gasteiger partial charge in [0.15, 0.2) is 0 Å². The molecule has 7 nitrogen and oxygen atoms in total. The normalized spacial score (nSPS) is 17.1. The Morgan fingerprint density at radius 2 is 1.74 bits per heavy atom. The Hall–Kier alpha value is -1.20. The molecule has 2 aliphatic heterocycles. The van der Waals surface area contributed by atoms with Gasteiger partial charge in [-0.3, -0.25) is 9.69 Å². The Labute approximate surface area is 201 Å². The van der Waals surface area contributed by atoms with E-state index in [1.54, 1.807) is 6.07 Å². The highest BCUT2D eigenvalue weighted by atomic mass is 79.9. The number of carbonyl (C=O) groups excluding carboxylic acids is 1. The zero-order valence-corrected chi connectivity index (χ0v) is 20.5. The Morgan fingerprint density at radius 1 is 1.13 bits per heavy atom. The summed E-state index contributed by atoms with van der Waals surface area (Å²) in [5.74, 6) is -0.145. The summed E-state index contributed by atoms with van der Waals surface area (Å²) in [7, 11) is -3.97. The Kier molecular flexibility index (Phi) is 8.54. The fourth-order valence-electron chi connectivity index (χ4n) is 4.08. The van der Waals surface area contributed by atoms with Crippen molar-refractivity contribution in [3.8, 4) is 0 Å². The monoisotopic (exact) mass is 551 g/mol. The molecule has 0 aromatic heterocycles. The Morgan fingerprint density at radius 3 is 2.32 bits per heavy atom. The van der Waals surface area contributed by atoms with E-state index in [-0.39, 0.29) is 39.8 Å². The number of nitrogens with zero attached hydrogens (tertiary/aromatic N) is 2. The standard InChI is InChI=1S/C20H21BrClN3O3S.ClH.H2O/c21-15-3-1-13(2-4-15)11-24-7-5-16(6-8-24)25-12-14-9-18(22)19(29(23,27)28)10-17(14)20(25)26;;/h1-4,9-10,16H,5-8,11-12H2,(H2,23,27,28);1H;1H2. The van der Waals surface area contributed by atoms with Crippen LogP contribution in [0, 0.1) is 0 Å². The summed E-state index contributed by atoms with van der Waals surface area (Å²) in [4.78, 5) is 17.0. The predicted molar refractivity (Wildman–Crippen MR) is 126 cm³/mol. The first-order chi connectivity index (χ1) is 13.7. The molecule has 31 heavy (non-hydrogen) atoms. The van der Waals surface area contributed by atoms with Crippen LogP contribution in [0.15, 0.2) is 45.8 Å². The summed E-state index contributed by atoms with van der Waals surface area (Å²) in [6.45, 7) is 3.16. The summed E-state index contributed by atoms with van der Waals surface area (Å²) < 4.78 is 24.5. The van der Waals surface area contributed by atoms with Gasteiger partial charge in [-0.15, -0.1) is 12.4 Å². The molecule has 0 aliphatic carbocycles. The molecule has 2 aromatic carbocycles. The highest BCUT2D eigenvalue weighted by Gasteiger charge is 2.35. The second-order valence-electron chi connectivity index (χ2n) is 7.55. The third kappa shape index (κ3) is 5.60. The lowest BCUT2D eigenvalue weighted by Crippen LogP contribution is -2.44. The maximum atomic E-state index is 12.9. The molecule has 1 amide bonds. The molecule has 0 bridgehead atoms. The second-order valence-corrected chi connectivity index (χ2v) is 10.4. The number of rotatable bonds is 4. The molecule has 0 unspecified atom stereocenters. The minimum Gasteiger partial charge on any atom is -0.412 e. The molecular weight excluding hydrogens is 529 g/mol. The summed E-state index contributed by atoms with van der Waals surface area (Å²) in [6.07, 6.45) is 1.76. The van der Waals surface area contributed by atoms with Crippen molar-refractivity contribution in [2.45, 2.75) is 36.9 Å². The fourth-order valence-corrected chi connectivity index (χ4v) is 5.47. The minimum absolute atomic E-state index is 0. The van der Waals surface area contributed by atoms with E-state index in [9.17, 15) is 13.2 Å². The molecule has 2 aliphatic rings. The number of nitrogens with two attached hydrogens (primary N) is 1. The van der Waals surface area contributed by atoms with Gasteiger partial charge >= 0.3 is 0 Å². The first-order valence-corrected chi connectivity index (χ1v) is 12.1. The van der Waals surface area contributed by atoms with Gasteiger partial charge in [0.25, 0.3) is 5.91 Å². The minimum atomic E-state index is -3.97. The molecule has 2 aromatic rings. The van der Waals surface area contributed by atoms with Crippen LogP contribution in [0.5, 0.6) is 0 Å². The topological polar surface area (TPSA) is 115 Å². The van der Waals surface area contributed by atoms with Crippen LogP contribution in [-0.2, 0) is 23.1 Å². The number of piperidine rings is 1. The first kappa shape index (κ1) is 26.1. The van der Waals surface area contributed by atoms with Crippen molar-refractivity contribution in [2.75, 3.05) is 13.1 Å². The zero-order chi connectivity index (χ0) is 20.8. The van der Waals surface area contributed by atoms with E-state index in [4.69, 9.17) is 16.7 Å². The smallest absolute Gasteiger partial charge is 0.254 e. The van der Waals surface area contributed by atoms with Gasteiger partial charge in [-0.25, -0.2) is 13.6 Å². The molecule has 0 spiro atoms. The third-order valence-electron chi connectivity index (χ3n) is 5.61. The van der Waals surface area contributed by atoms with Gasteiger partial charge < -0.3 is 10.4 Å². The van der Waals surface area contributed by atoms with Crippen LogP contribution < -0.4 is 5.14 Å². The highest BCUT2D eigenvalue weighted by Crippen LogP contribution is 2.33. The number of hydrogen-bond donors (Lipinski definition) is 1. The molecule has 4 rings (SSSR count). The number of carbonyl (C=O) groups is 1. The number of likely N-dealkylation sites (tertiary alicyclic amines) is 1. The average Bonchev–Trinajstić information content (AvgIpc) is 2.98. The summed E-state index contributed by atoms with van der Waals surface area (Å²) in [5.41, 5.74) is 2.40. The number of sulfonamides is 1. The summed E-state index contributed by atoms with van der Waals surface area (Å²) in [5, 5.41) is 5.28. The van der Waals surface area contributed by atoms with Crippen molar-refractivity contribution in [2.24, 2.45) is 5.14 Å². The Balaban J connectivity index is 0.00000171. The number of hydrogen-bond acceptors (Lipinski definition) is 4.